The molecule has 1 aromatic rings. The van der Waals surface area contributed by atoms with E-state index in [0.29, 0.717) is 18.6 Å². The van der Waals surface area contributed by atoms with Gasteiger partial charge in [0, 0.05) is 24.9 Å². The van der Waals surface area contributed by atoms with Gasteiger partial charge in [-0.15, -0.1) is 0 Å². The van der Waals surface area contributed by atoms with Crippen molar-refractivity contribution in [2.24, 2.45) is 23.7 Å². The largest absolute Gasteiger partial charge is 0.461 e. The van der Waals surface area contributed by atoms with Gasteiger partial charge in [-0.25, -0.2) is 0 Å². The second-order valence-corrected chi connectivity index (χ2v) is 8.64. The average Bonchev–Trinajstić information content (AvgIpc) is 3.11. The lowest BCUT2D eigenvalue weighted by Crippen LogP contribution is -2.38. The van der Waals surface area contributed by atoms with Crippen LogP contribution >= 0.6 is 0 Å². The third-order valence-electron chi connectivity index (χ3n) is 7.25. The molecule has 1 unspecified atom stereocenters. The molecular formula is C22H27NO3. The molecule has 7 atom stereocenters. The Morgan fingerprint density at radius 1 is 1.31 bits per heavy atom. The summed E-state index contributed by atoms with van der Waals surface area (Å²) < 4.78 is 12.0. The monoisotopic (exact) mass is 353 g/mol. The summed E-state index contributed by atoms with van der Waals surface area (Å²) >= 11 is 0. The minimum absolute atomic E-state index is 0.00669. The summed E-state index contributed by atoms with van der Waals surface area (Å²) in [5.41, 5.74) is 2.48. The fourth-order valence-corrected chi connectivity index (χ4v) is 5.76. The number of rotatable bonds is 4. The van der Waals surface area contributed by atoms with Gasteiger partial charge in [0.25, 0.3) is 0 Å². The lowest BCUT2D eigenvalue weighted by atomic mass is 9.77. The Hall–Kier alpha value is -1.65. The van der Waals surface area contributed by atoms with Crippen LogP contribution in [-0.4, -0.2) is 30.3 Å². The van der Waals surface area contributed by atoms with Crippen molar-refractivity contribution >= 4 is 5.97 Å². The van der Waals surface area contributed by atoms with E-state index in [1.54, 1.807) is 0 Å². The minimum Gasteiger partial charge on any atom is -0.461 e. The molecular weight excluding hydrogens is 326 g/mol. The van der Waals surface area contributed by atoms with E-state index in [1.807, 2.05) is 18.2 Å². The van der Waals surface area contributed by atoms with Crippen LogP contribution < -0.4 is 5.32 Å². The maximum atomic E-state index is 12.7. The van der Waals surface area contributed by atoms with Crippen LogP contribution in [0.3, 0.4) is 0 Å². The van der Waals surface area contributed by atoms with Gasteiger partial charge in [-0.05, 0) is 37.7 Å². The van der Waals surface area contributed by atoms with E-state index in [-0.39, 0.29) is 35.4 Å². The van der Waals surface area contributed by atoms with E-state index in [4.69, 9.17) is 9.47 Å². The zero-order valence-electron chi connectivity index (χ0n) is 15.3. The van der Waals surface area contributed by atoms with Crippen LogP contribution in [0.5, 0.6) is 0 Å². The van der Waals surface area contributed by atoms with Gasteiger partial charge in [-0.3, -0.25) is 4.79 Å². The minimum atomic E-state index is -0.104. The van der Waals surface area contributed by atoms with Crippen LogP contribution in [0.15, 0.2) is 42.5 Å². The molecule has 0 spiro atoms. The maximum absolute atomic E-state index is 12.7. The Balaban J connectivity index is 1.31. The van der Waals surface area contributed by atoms with Crippen molar-refractivity contribution in [2.45, 2.75) is 50.5 Å². The second kappa shape index (κ2) is 5.93. The number of epoxide rings is 1. The highest BCUT2D eigenvalue weighted by Crippen LogP contribution is 2.63. The first-order valence-electron chi connectivity index (χ1n) is 9.88. The van der Waals surface area contributed by atoms with Crippen molar-refractivity contribution in [1.29, 1.82) is 0 Å². The van der Waals surface area contributed by atoms with Gasteiger partial charge in [0.1, 0.15) is 6.10 Å². The van der Waals surface area contributed by atoms with Crippen molar-refractivity contribution in [1.82, 2.24) is 5.32 Å². The molecule has 1 N–H and O–H groups in total. The van der Waals surface area contributed by atoms with Crippen molar-refractivity contribution in [3.8, 4) is 0 Å². The first-order chi connectivity index (χ1) is 12.6. The summed E-state index contributed by atoms with van der Waals surface area (Å²) in [4.78, 5) is 12.7. The molecule has 2 aliphatic carbocycles. The van der Waals surface area contributed by atoms with E-state index in [2.05, 4.69) is 31.0 Å². The third kappa shape index (κ3) is 2.46. The molecule has 0 bridgehead atoms. The van der Waals surface area contributed by atoms with Gasteiger partial charge in [-0.2, -0.15) is 0 Å². The molecule has 2 saturated heterocycles. The lowest BCUT2D eigenvalue weighted by molar-refractivity contribution is -0.147. The number of esters is 1. The van der Waals surface area contributed by atoms with Crippen LogP contribution in [0, 0.1) is 23.7 Å². The molecule has 2 saturated carbocycles. The third-order valence-corrected chi connectivity index (χ3v) is 7.25. The average molecular weight is 353 g/mol. The van der Waals surface area contributed by atoms with E-state index < -0.39 is 0 Å². The Labute approximate surface area is 154 Å². The van der Waals surface area contributed by atoms with Crippen LogP contribution in [0.4, 0.5) is 0 Å². The SMILES string of the molecule is C=C1CC[C@H]2C(CNCc3ccccc3)C(=O)O[C@@H]2[C@@H]2[C@H]1C[C@H]1O[C@@]21C. The Kier molecular flexibility index (Phi) is 3.77. The second-order valence-electron chi connectivity index (χ2n) is 8.64. The van der Waals surface area contributed by atoms with Gasteiger partial charge < -0.3 is 14.8 Å². The van der Waals surface area contributed by atoms with Crippen molar-refractivity contribution in [2.75, 3.05) is 6.54 Å². The standard InChI is InChI=1S/C22H27NO3/c1-13-8-9-15-17(12-23-11-14-6-4-3-5-7-14)21(24)25-20(15)19-16(13)10-18-22(19,2)26-18/h3-7,15-20,23H,1,8-12H2,2H3/t15-,16-,17?,18+,19-,20-,22+/m0/s1. The van der Waals surface area contributed by atoms with Gasteiger partial charge >= 0.3 is 5.97 Å². The fourth-order valence-electron chi connectivity index (χ4n) is 5.76. The van der Waals surface area contributed by atoms with Crippen LogP contribution in [0.25, 0.3) is 0 Å². The molecule has 138 valence electrons. The zero-order chi connectivity index (χ0) is 17.9. The van der Waals surface area contributed by atoms with Crippen LogP contribution in [-0.2, 0) is 20.8 Å². The molecule has 4 aliphatic rings. The molecule has 0 amide bonds. The number of nitrogens with one attached hydrogen (secondary N) is 1. The fraction of sp³-hybridized carbons (Fsp3) is 0.591. The van der Waals surface area contributed by atoms with E-state index >= 15 is 0 Å². The lowest BCUT2D eigenvalue weighted by Gasteiger charge is -2.30. The van der Waals surface area contributed by atoms with E-state index in [0.717, 1.165) is 25.8 Å². The van der Waals surface area contributed by atoms with Crippen LogP contribution in [0.2, 0.25) is 0 Å². The highest BCUT2D eigenvalue weighted by molar-refractivity contribution is 5.75. The van der Waals surface area contributed by atoms with Gasteiger partial charge in [-0.1, -0.05) is 42.5 Å². The molecule has 2 heterocycles. The summed E-state index contributed by atoms with van der Waals surface area (Å²) in [5, 5.41) is 3.48. The molecule has 26 heavy (non-hydrogen) atoms. The molecule has 4 fully saturated rings. The summed E-state index contributed by atoms with van der Waals surface area (Å²) in [5.74, 6) is 0.932. The summed E-state index contributed by atoms with van der Waals surface area (Å²) in [6.07, 6.45) is 3.39. The highest BCUT2D eigenvalue weighted by Gasteiger charge is 2.71. The molecule has 1 aromatic carbocycles. The van der Waals surface area contributed by atoms with Gasteiger partial charge in [0.05, 0.1) is 17.6 Å². The Morgan fingerprint density at radius 3 is 2.92 bits per heavy atom. The highest BCUT2D eigenvalue weighted by atomic mass is 16.6. The molecule has 4 heteroatoms. The normalized spacial score (nSPS) is 43.3. The molecule has 0 aromatic heterocycles. The smallest absolute Gasteiger partial charge is 0.310 e. The predicted molar refractivity (Wildman–Crippen MR) is 98.3 cm³/mol. The van der Waals surface area contributed by atoms with E-state index in [9.17, 15) is 4.79 Å². The number of carbonyl (C=O) groups is 1. The number of hydrogen-bond donors (Lipinski definition) is 1. The number of fused-ring (bicyclic) bond motifs is 5. The number of carbonyl (C=O) groups excluding carboxylic acids is 1. The van der Waals surface area contributed by atoms with Crippen molar-refractivity contribution in [3.63, 3.8) is 0 Å². The quantitative estimate of drug-likeness (QED) is 0.513. The Morgan fingerprint density at radius 2 is 2.12 bits per heavy atom. The molecule has 5 rings (SSSR count). The van der Waals surface area contributed by atoms with Crippen molar-refractivity contribution < 1.29 is 14.3 Å². The first kappa shape index (κ1) is 16.5. The number of allylic oxidation sites excluding steroid dienone is 1. The number of hydrogen-bond acceptors (Lipinski definition) is 4. The Bertz CT molecular complexity index is 732. The van der Waals surface area contributed by atoms with Crippen molar-refractivity contribution in [3.05, 3.63) is 48.0 Å². The molecule has 2 aliphatic heterocycles. The summed E-state index contributed by atoms with van der Waals surface area (Å²) in [6, 6.07) is 10.3. The van der Waals surface area contributed by atoms with E-state index in [1.165, 1.54) is 11.1 Å². The molecule has 4 nitrogen and oxygen atoms in total. The maximum Gasteiger partial charge on any atom is 0.310 e. The number of ether oxygens (including phenoxy) is 2. The topological polar surface area (TPSA) is 50.9 Å². The summed E-state index contributed by atoms with van der Waals surface area (Å²) in [6.45, 7) is 8.03. The van der Waals surface area contributed by atoms with Gasteiger partial charge in [0.15, 0.2) is 0 Å². The predicted octanol–water partition coefficient (Wildman–Crippen LogP) is 3.08. The zero-order valence-corrected chi connectivity index (χ0v) is 15.3. The first-order valence-corrected chi connectivity index (χ1v) is 9.88. The summed E-state index contributed by atoms with van der Waals surface area (Å²) in [7, 11) is 0. The van der Waals surface area contributed by atoms with Crippen LogP contribution in [0.1, 0.15) is 31.7 Å². The number of benzene rings is 1. The van der Waals surface area contributed by atoms with Gasteiger partial charge in [0.2, 0.25) is 0 Å². The molecule has 0 radical (unpaired) electrons.